The average molecular weight is 353 g/mol. The van der Waals surface area contributed by atoms with Crippen LogP contribution >= 0.6 is 0 Å². The molecule has 2 fully saturated rings. The van der Waals surface area contributed by atoms with Crippen LogP contribution in [0.25, 0.3) is 16.7 Å². The van der Waals surface area contributed by atoms with Gasteiger partial charge in [0.1, 0.15) is 5.60 Å². The fraction of sp³-hybridized carbons (Fsp3) is 0.600. The van der Waals surface area contributed by atoms with Gasteiger partial charge in [-0.1, -0.05) is 25.7 Å². The third kappa shape index (κ3) is 2.58. The molecule has 0 amide bonds. The van der Waals surface area contributed by atoms with Gasteiger partial charge >= 0.3 is 0 Å². The van der Waals surface area contributed by atoms with Crippen molar-refractivity contribution in [3.63, 3.8) is 0 Å². The summed E-state index contributed by atoms with van der Waals surface area (Å²) in [7, 11) is 0. The highest BCUT2D eigenvalue weighted by atomic mass is 16.7. The molecule has 2 N–H and O–H groups in total. The first-order chi connectivity index (χ1) is 12.8. The van der Waals surface area contributed by atoms with E-state index in [1.54, 1.807) is 0 Å². The second-order valence-corrected chi connectivity index (χ2v) is 7.90. The Kier molecular flexibility index (Phi) is 3.89. The molecule has 2 aromatic heterocycles. The number of nitrogens with zero attached hydrogens (tertiary/aromatic N) is 3. The Hall–Kier alpha value is -2.08. The molecule has 6 nitrogen and oxygen atoms in total. The zero-order valence-corrected chi connectivity index (χ0v) is 15.4. The summed E-state index contributed by atoms with van der Waals surface area (Å²) in [5.74, 6) is 0. The summed E-state index contributed by atoms with van der Waals surface area (Å²) in [5.41, 5.74) is 7.34. The van der Waals surface area contributed by atoms with Crippen molar-refractivity contribution in [1.29, 1.82) is 0 Å². The topological polar surface area (TPSA) is 64.0 Å². The van der Waals surface area contributed by atoms with Crippen molar-refractivity contribution in [3.05, 3.63) is 24.0 Å². The minimum absolute atomic E-state index is 0.123. The van der Waals surface area contributed by atoms with E-state index in [4.69, 9.17) is 9.82 Å². The molecule has 0 saturated heterocycles. The molecule has 2 saturated carbocycles. The monoisotopic (exact) mass is 353 g/mol. The number of hydrogen-bond acceptors (Lipinski definition) is 5. The third-order valence-electron chi connectivity index (χ3n) is 6.18. The summed E-state index contributed by atoms with van der Waals surface area (Å²) in [4.78, 5) is 10.7. The Balaban J connectivity index is 1.59. The van der Waals surface area contributed by atoms with E-state index in [2.05, 4.69) is 28.9 Å². The number of hydrogen-bond donors (Lipinski definition) is 2. The molecule has 3 aliphatic rings. The molecule has 2 aromatic rings. The number of anilines is 1. The van der Waals surface area contributed by atoms with Crippen molar-refractivity contribution in [2.24, 2.45) is 0 Å². The molecule has 0 bridgehead atoms. The zero-order chi connectivity index (χ0) is 17.6. The molecule has 1 spiro atoms. The van der Waals surface area contributed by atoms with Gasteiger partial charge in [0, 0.05) is 24.3 Å². The van der Waals surface area contributed by atoms with Crippen molar-refractivity contribution in [3.8, 4) is 0 Å². The second kappa shape index (κ2) is 6.27. The van der Waals surface area contributed by atoms with Crippen molar-refractivity contribution in [1.82, 2.24) is 20.2 Å². The van der Waals surface area contributed by atoms with Gasteiger partial charge in [-0.25, -0.2) is 9.67 Å². The largest absolute Gasteiger partial charge is 0.381 e. The van der Waals surface area contributed by atoms with Crippen LogP contribution in [0.4, 0.5) is 5.69 Å². The van der Waals surface area contributed by atoms with E-state index < -0.39 is 0 Å². The summed E-state index contributed by atoms with van der Waals surface area (Å²) in [6.07, 6.45) is 16.0. The average Bonchev–Trinajstić information content (AvgIpc) is 3.43. The molecule has 26 heavy (non-hydrogen) atoms. The summed E-state index contributed by atoms with van der Waals surface area (Å²) in [5, 5.41) is 9.45. The molecule has 0 unspecified atom stereocenters. The quantitative estimate of drug-likeness (QED) is 0.870. The fourth-order valence-electron chi connectivity index (χ4n) is 4.72. The van der Waals surface area contributed by atoms with Crippen LogP contribution in [-0.2, 0) is 11.4 Å². The maximum atomic E-state index is 6.01. The predicted molar refractivity (Wildman–Crippen MR) is 102 cm³/mol. The Morgan fingerprint density at radius 1 is 1.23 bits per heavy atom. The van der Waals surface area contributed by atoms with Crippen molar-refractivity contribution in [2.45, 2.75) is 76.5 Å². The SMILES string of the molecule is CCn1ncc2c(NC3CCCC3)c(C3=CC4(CCCC4)ON3)cnc21. The van der Waals surface area contributed by atoms with Gasteiger partial charge in [-0.15, -0.1) is 0 Å². The number of aromatic nitrogens is 3. The first kappa shape index (κ1) is 16.1. The van der Waals surface area contributed by atoms with Gasteiger partial charge in [0.05, 0.1) is 23.0 Å². The van der Waals surface area contributed by atoms with Crippen LogP contribution in [-0.4, -0.2) is 26.4 Å². The van der Waals surface area contributed by atoms with Gasteiger partial charge in [0.2, 0.25) is 0 Å². The molecule has 0 aromatic carbocycles. The normalized spacial score (nSPS) is 22.3. The van der Waals surface area contributed by atoms with Gasteiger partial charge in [0.25, 0.3) is 0 Å². The lowest BCUT2D eigenvalue weighted by Gasteiger charge is -2.18. The maximum absolute atomic E-state index is 6.01. The minimum atomic E-state index is -0.123. The van der Waals surface area contributed by atoms with Gasteiger partial charge in [-0.3, -0.25) is 10.3 Å². The number of hydroxylamine groups is 1. The second-order valence-electron chi connectivity index (χ2n) is 7.90. The number of pyridine rings is 1. The summed E-state index contributed by atoms with van der Waals surface area (Å²) in [6.45, 7) is 2.93. The highest BCUT2D eigenvalue weighted by Gasteiger charge is 2.39. The van der Waals surface area contributed by atoms with Crippen LogP contribution in [0.5, 0.6) is 0 Å². The molecule has 2 aliphatic carbocycles. The number of rotatable bonds is 4. The standard InChI is InChI=1S/C20H27N5O/c1-2-25-19-16(13-22-25)18(23-14-7-3-4-8-14)15(12-21-19)17-11-20(26-24-17)9-5-6-10-20/h11-14,24H,2-10H2,1H3,(H,21,23). The molecule has 3 heterocycles. The third-order valence-corrected chi connectivity index (χ3v) is 6.18. The lowest BCUT2D eigenvalue weighted by Crippen LogP contribution is -2.25. The molecule has 138 valence electrons. The van der Waals surface area contributed by atoms with Crippen LogP contribution in [0.1, 0.15) is 63.9 Å². The van der Waals surface area contributed by atoms with E-state index in [1.165, 1.54) is 38.5 Å². The van der Waals surface area contributed by atoms with Crippen molar-refractivity contribution in [2.75, 3.05) is 5.32 Å². The van der Waals surface area contributed by atoms with E-state index in [0.717, 1.165) is 47.4 Å². The Morgan fingerprint density at radius 2 is 2.04 bits per heavy atom. The minimum Gasteiger partial charge on any atom is -0.381 e. The van der Waals surface area contributed by atoms with Gasteiger partial charge < -0.3 is 5.32 Å². The summed E-state index contributed by atoms with van der Waals surface area (Å²) >= 11 is 0. The Bertz CT molecular complexity index is 843. The smallest absolute Gasteiger partial charge is 0.159 e. The van der Waals surface area contributed by atoms with Crippen molar-refractivity contribution < 1.29 is 4.84 Å². The first-order valence-corrected chi connectivity index (χ1v) is 10.1. The molecule has 5 rings (SSSR count). The number of nitrogens with one attached hydrogen (secondary N) is 2. The van der Waals surface area contributed by atoms with Gasteiger partial charge in [-0.2, -0.15) is 5.10 Å². The number of fused-ring (bicyclic) bond motifs is 1. The highest BCUT2D eigenvalue weighted by molar-refractivity contribution is 5.95. The molecule has 6 heteroatoms. The van der Waals surface area contributed by atoms with Crippen LogP contribution in [0, 0.1) is 0 Å². The van der Waals surface area contributed by atoms with E-state index in [9.17, 15) is 0 Å². The summed E-state index contributed by atoms with van der Waals surface area (Å²) < 4.78 is 1.96. The summed E-state index contributed by atoms with van der Waals surface area (Å²) in [6, 6.07) is 0.535. The molecule has 0 atom stereocenters. The fourth-order valence-corrected chi connectivity index (χ4v) is 4.72. The lowest BCUT2D eigenvalue weighted by molar-refractivity contribution is -0.0289. The van der Waals surface area contributed by atoms with E-state index in [-0.39, 0.29) is 5.60 Å². The molecule has 0 radical (unpaired) electrons. The van der Waals surface area contributed by atoms with Crippen LogP contribution in [0.3, 0.4) is 0 Å². The highest BCUT2D eigenvalue weighted by Crippen LogP contribution is 2.41. The number of aryl methyl sites for hydroxylation is 1. The predicted octanol–water partition coefficient (Wildman–Crippen LogP) is 3.99. The van der Waals surface area contributed by atoms with Crippen LogP contribution in [0.15, 0.2) is 18.5 Å². The Morgan fingerprint density at radius 3 is 2.81 bits per heavy atom. The van der Waals surface area contributed by atoms with Crippen LogP contribution in [0.2, 0.25) is 0 Å². The molecular weight excluding hydrogens is 326 g/mol. The van der Waals surface area contributed by atoms with E-state index in [1.807, 2.05) is 17.1 Å². The maximum Gasteiger partial charge on any atom is 0.159 e. The van der Waals surface area contributed by atoms with E-state index >= 15 is 0 Å². The molecule has 1 aliphatic heterocycles. The molecular formula is C20H27N5O. The van der Waals surface area contributed by atoms with Gasteiger partial charge in [0.15, 0.2) is 5.65 Å². The van der Waals surface area contributed by atoms with Gasteiger partial charge in [-0.05, 0) is 38.7 Å². The lowest BCUT2D eigenvalue weighted by atomic mass is 9.99. The van der Waals surface area contributed by atoms with E-state index in [0.29, 0.717) is 6.04 Å². The van der Waals surface area contributed by atoms with Crippen molar-refractivity contribution >= 4 is 22.4 Å². The van der Waals surface area contributed by atoms with Crippen LogP contribution < -0.4 is 10.8 Å². The Labute approximate surface area is 154 Å². The zero-order valence-electron chi connectivity index (χ0n) is 15.4. The first-order valence-electron chi connectivity index (χ1n) is 10.1.